The van der Waals surface area contributed by atoms with Crippen molar-refractivity contribution in [2.45, 2.75) is 12.1 Å². The van der Waals surface area contributed by atoms with Gasteiger partial charge < -0.3 is 14.4 Å². The maximum Gasteiger partial charge on any atom is 0.165 e. The number of nitrogens with zero attached hydrogens (tertiary/aromatic N) is 1. The second-order valence-corrected chi connectivity index (χ2v) is 4.71. The Morgan fingerprint density at radius 2 is 2.37 bits per heavy atom. The summed E-state index contributed by atoms with van der Waals surface area (Å²) in [5.41, 5.74) is 3.47. The highest BCUT2D eigenvalue weighted by Gasteiger charge is 2.27. The van der Waals surface area contributed by atoms with E-state index >= 15 is 0 Å². The van der Waals surface area contributed by atoms with Gasteiger partial charge in [0.05, 0.1) is 25.9 Å². The lowest BCUT2D eigenvalue weighted by Crippen LogP contribution is -2.48. The molecule has 0 radical (unpaired) electrons. The third kappa shape index (κ3) is 3.22. The SMILES string of the molecule is COc1ccc(C(NN)C2CN(C)CCO2)cc1F. The van der Waals surface area contributed by atoms with Gasteiger partial charge in [-0.05, 0) is 24.7 Å². The number of halogens is 1. The van der Waals surface area contributed by atoms with Crippen molar-refractivity contribution in [1.82, 2.24) is 10.3 Å². The molecule has 1 heterocycles. The first-order valence-electron chi connectivity index (χ1n) is 6.25. The summed E-state index contributed by atoms with van der Waals surface area (Å²) in [4.78, 5) is 2.17. The summed E-state index contributed by atoms with van der Waals surface area (Å²) in [6, 6.07) is 4.58. The molecule has 0 spiro atoms. The highest BCUT2D eigenvalue weighted by molar-refractivity contribution is 5.31. The molecule has 0 aromatic heterocycles. The van der Waals surface area contributed by atoms with Crippen molar-refractivity contribution < 1.29 is 13.9 Å². The first-order chi connectivity index (χ1) is 9.15. The van der Waals surface area contributed by atoms with Gasteiger partial charge in [0.25, 0.3) is 0 Å². The van der Waals surface area contributed by atoms with Crippen molar-refractivity contribution in [2.75, 3.05) is 33.9 Å². The molecule has 1 saturated heterocycles. The van der Waals surface area contributed by atoms with Gasteiger partial charge in [-0.1, -0.05) is 6.07 Å². The zero-order valence-electron chi connectivity index (χ0n) is 11.2. The van der Waals surface area contributed by atoms with Crippen LogP contribution in [-0.2, 0) is 4.74 Å². The van der Waals surface area contributed by atoms with Crippen molar-refractivity contribution in [3.63, 3.8) is 0 Å². The van der Waals surface area contributed by atoms with Crippen LogP contribution < -0.4 is 16.0 Å². The van der Waals surface area contributed by atoms with Crippen LogP contribution in [0.25, 0.3) is 0 Å². The van der Waals surface area contributed by atoms with E-state index in [9.17, 15) is 4.39 Å². The molecular weight excluding hydrogens is 249 g/mol. The van der Waals surface area contributed by atoms with Crippen molar-refractivity contribution in [3.8, 4) is 5.75 Å². The van der Waals surface area contributed by atoms with Gasteiger partial charge in [-0.2, -0.15) is 0 Å². The highest BCUT2D eigenvalue weighted by atomic mass is 19.1. The molecule has 1 aromatic rings. The Morgan fingerprint density at radius 3 is 2.95 bits per heavy atom. The minimum Gasteiger partial charge on any atom is -0.494 e. The van der Waals surface area contributed by atoms with E-state index in [1.54, 1.807) is 12.1 Å². The molecule has 2 rings (SSSR count). The van der Waals surface area contributed by atoms with Crippen LogP contribution in [0, 0.1) is 5.82 Å². The first-order valence-corrected chi connectivity index (χ1v) is 6.25. The predicted octanol–water partition coefficient (Wildman–Crippen LogP) is 0.669. The molecule has 0 amide bonds. The smallest absolute Gasteiger partial charge is 0.165 e. The largest absolute Gasteiger partial charge is 0.494 e. The van der Waals surface area contributed by atoms with E-state index in [0.29, 0.717) is 6.61 Å². The summed E-state index contributed by atoms with van der Waals surface area (Å²) in [7, 11) is 3.47. The molecule has 1 fully saturated rings. The lowest BCUT2D eigenvalue weighted by molar-refractivity contribution is -0.0393. The number of hydrogen-bond donors (Lipinski definition) is 2. The highest BCUT2D eigenvalue weighted by Crippen LogP contribution is 2.25. The summed E-state index contributed by atoms with van der Waals surface area (Å²) in [5.74, 6) is 5.42. The molecule has 106 valence electrons. The van der Waals surface area contributed by atoms with E-state index in [1.807, 2.05) is 7.05 Å². The molecular formula is C13H20FN3O2. The number of rotatable bonds is 4. The van der Waals surface area contributed by atoms with Crippen LogP contribution in [0.5, 0.6) is 5.75 Å². The second-order valence-electron chi connectivity index (χ2n) is 4.71. The topological polar surface area (TPSA) is 59.8 Å². The van der Waals surface area contributed by atoms with Gasteiger partial charge in [0.1, 0.15) is 0 Å². The van der Waals surface area contributed by atoms with Crippen LogP contribution in [0.1, 0.15) is 11.6 Å². The summed E-state index contributed by atoms with van der Waals surface area (Å²) in [5, 5.41) is 0. The Bertz CT molecular complexity index is 430. The molecule has 5 nitrogen and oxygen atoms in total. The van der Waals surface area contributed by atoms with Crippen LogP contribution in [-0.4, -0.2) is 44.9 Å². The van der Waals surface area contributed by atoms with Crippen LogP contribution >= 0.6 is 0 Å². The minimum atomic E-state index is -0.399. The van der Waals surface area contributed by atoms with Gasteiger partial charge in [0.15, 0.2) is 11.6 Å². The average Bonchev–Trinajstić information content (AvgIpc) is 2.40. The fraction of sp³-hybridized carbons (Fsp3) is 0.538. The third-order valence-corrected chi connectivity index (χ3v) is 3.38. The molecule has 2 unspecified atom stereocenters. The number of nitrogens with one attached hydrogen (secondary N) is 1. The Labute approximate surface area is 112 Å². The summed E-state index contributed by atoms with van der Waals surface area (Å²) in [6.07, 6.45) is -0.100. The van der Waals surface area contributed by atoms with Crippen LogP contribution in [0.2, 0.25) is 0 Å². The minimum absolute atomic E-state index is 0.100. The van der Waals surface area contributed by atoms with Crippen molar-refractivity contribution >= 4 is 0 Å². The van der Waals surface area contributed by atoms with Gasteiger partial charge in [-0.15, -0.1) is 0 Å². The number of benzene rings is 1. The maximum atomic E-state index is 13.7. The number of nitrogens with two attached hydrogens (primary N) is 1. The zero-order chi connectivity index (χ0) is 13.8. The summed E-state index contributed by atoms with van der Waals surface area (Å²) < 4.78 is 24.4. The van der Waals surface area contributed by atoms with E-state index in [2.05, 4.69) is 10.3 Å². The molecule has 1 aromatic carbocycles. The standard InChI is InChI=1S/C13H20FN3O2/c1-17-5-6-19-12(8-17)13(16-15)9-3-4-11(18-2)10(14)7-9/h3-4,7,12-13,16H,5-6,8,15H2,1-2H3. The maximum absolute atomic E-state index is 13.7. The lowest BCUT2D eigenvalue weighted by Gasteiger charge is -2.35. The van der Waals surface area contributed by atoms with E-state index < -0.39 is 5.82 Å². The quantitative estimate of drug-likeness (QED) is 0.621. The molecule has 19 heavy (non-hydrogen) atoms. The van der Waals surface area contributed by atoms with Gasteiger partial charge in [-0.25, -0.2) is 4.39 Å². The van der Waals surface area contributed by atoms with E-state index in [4.69, 9.17) is 15.3 Å². The zero-order valence-corrected chi connectivity index (χ0v) is 11.2. The number of likely N-dealkylation sites (N-methyl/N-ethyl adjacent to an activating group) is 1. The Balaban J connectivity index is 2.19. The van der Waals surface area contributed by atoms with E-state index in [-0.39, 0.29) is 17.9 Å². The van der Waals surface area contributed by atoms with E-state index in [0.717, 1.165) is 18.7 Å². The Morgan fingerprint density at radius 1 is 1.58 bits per heavy atom. The number of hydrogen-bond acceptors (Lipinski definition) is 5. The van der Waals surface area contributed by atoms with Gasteiger partial charge in [-0.3, -0.25) is 11.3 Å². The fourth-order valence-electron chi connectivity index (χ4n) is 2.31. The predicted molar refractivity (Wildman–Crippen MR) is 70.3 cm³/mol. The molecule has 2 atom stereocenters. The van der Waals surface area contributed by atoms with Crippen molar-refractivity contribution in [3.05, 3.63) is 29.6 Å². The molecule has 0 saturated carbocycles. The molecule has 3 N–H and O–H groups in total. The number of hydrazine groups is 1. The number of morpholine rings is 1. The molecule has 0 bridgehead atoms. The average molecular weight is 269 g/mol. The monoisotopic (exact) mass is 269 g/mol. The first kappa shape index (κ1) is 14.2. The molecule has 6 heteroatoms. The molecule has 0 aliphatic carbocycles. The van der Waals surface area contributed by atoms with Gasteiger partial charge >= 0.3 is 0 Å². The van der Waals surface area contributed by atoms with E-state index in [1.165, 1.54) is 13.2 Å². The normalized spacial score (nSPS) is 22.2. The van der Waals surface area contributed by atoms with Crippen molar-refractivity contribution in [1.29, 1.82) is 0 Å². The third-order valence-electron chi connectivity index (χ3n) is 3.38. The molecule has 1 aliphatic heterocycles. The van der Waals surface area contributed by atoms with Crippen LogP contribution in [0.3, 0.4) is 0 Å². The summed E-state index contributed by atoms with van der Waals surface area (Å²) >= 11 is 0. The number of methoxy groups -OCH3 is 1. The van der Waals surface area contributed by atoms with Gasteiger partial charge in [0.2, 0.25) is 0 Å². The summed E-state index contributed by atoms with van der Waals surface area (Å²) in [6.45, 7) is 2.30. The van der Waals surface area contributed by atoms with Gasteiger partial charge in [0, 0.05) is 13.1 Å². The van der Waals surface area contributed by atoms with Crippen LogP contribution in [0.4, 0.5) is 4.39 Å². The van der Waals surface area contributed by atoms with Crippen molar-refractivity contribution in [2.24, 2.45) is 5.84 Å². The van der Waals surface area contributed by atoms with Crippen LogP contribution in [0.15, 0.2) is 18.2 Å². The Kier molecular flexibility index (Phi) is 4.71. The second kappa shape index (κ2) is 6.29. The number of ether oxygens (including phenoxy) is 2. The lowest BCUT2D eigenvalue weighted by atomic mass is 10.0. The Hall–Kier alpha value is -1.21. The molecule has 1 aliphatic rings. The fourth-order valence-corrected chi connectivity index (χ4v) is 2.31.